The van der Waals surface area contributed by atoms with E-state index >= 15 is 0 Å². The molecular formula is C42H49AlBr5Cl2F8LiN6O7PS3. The molecule has 0 aliphatic carbocycles. The zero-order valence-electron chi connectivity index (χ0n) is 40.8. The van der Waals surface area contributed by atoms with Crippen molar-refractivity contribution in [3.63, 3.8) is 0 Å². The molecule has 13 nitrogen and oxygen atoms in total. The van der Waals surface area contributed by atoms with E-state index in [1.165, 1.54) is 25.0 Å². The second kappa shape index (κ2) is 49.9. The molecule has 0 amide bonds. The minimum atomic E-state index is -1.18. The number of thioether (sulfide) groups is 2. The van der Waals surface area contributed by atoms with Gasteiger partial charge in [-0.15, -0.1) is 23.2 Å². The predicted octanol–water partition coefficient (Wildman–Crippen LogP) is 9.74. The number of nitrogens with two attached hydrogens (primary N) is 4. The molecule has 0 atom stereocenters. The van der Waals surface area contributed by atoms with Crippen LogP contribution in [0.2, 0.25) is 0 Å². The van der Waals surface area contributed by atoms with Gasteiger partial charge in [-0.2, -0.15) is 0 Å². The Kier molecular flexibility index (Phi) is 55.2. The Morgan fingerprint density at radius 2 is 0.855 bits per heavy atom. The van der Waals surface area contributed by atoms with Gasteiger partial charge in [0.15, 0.2) is 62.0 Å². The number of hydrogen-bond acceptors (Lipinski definition) is 12. The molecular weight excluding hydrogens is 1480 g/mol. The number of alkyl halides is 4. The Morgan fingerprint density at radius 1 is 0.632 bits per heavy atom. The van der Waals surface area contributed by atoms with Gasteiger partial charge in [-0.1, -0.05) is 55.4 Å². The summed E-state index contributed by atoms with van der Waals surface area (Å²) in [6, 6.07) is 7.64. The second-order valence-electron chi connectivity index (χ2n) is 12.8. The summed E-state index contributed by atoms with van der Waals surface area (Å²) in [6.07, 6.45) is 2.56. The molecule has 2 aliphatic rings. The number of cyclic esters (lactones) is 2. The topological polar surface area (TPSA) is 265 Å². The number of halogens is 15. The van der Waals surface area contributed by atoms with Crippen molar-refractivity contribution in [1.29, 1.82) is 10.8 Å². The largest absolute Gasteiger partial charge is 1.00 e. The standard InChI is InChI=1S/C10H12F2N4S2.C8H6Br2F2.C8H2F2O3.C8H8F2O2.C4H8O.C2H6O.CH2Cl2.CH4N2S.Al.Br3P.Li.H/c11-7-1-5(3-17-9(13)14)6(2-8(7)12)4-18-10(15)16;9-3-5-1-7(11)8(12)2-6(5)4-10;9-5-1-3-4(2-6(5)10)8(12)13-7(3)11;9-7-1-5(3-11)6(4-12)2-8(7)10;1-2-4-5-3-1;1-2-3;2-1-3;2-1(3)4;;1-4(2)3;;/h1-2H,3-4H2,(H3,13,14)(H3,15,16);1-2H,3-4H2;1-2H;1-2,11-12H,3-4H2;1-4H2;3H,2H2,1H3;1H2;(H4,2,3,4);;;;/q;;;;;;;;;;+1;-1. The van der Waals surface area contributed by atoms with Gasteiger partial charge in [-0.25, -0.2) is 44.7 Å². The van der Waals surface area contributed by atoms with E-state index in [-0.39, 0.29) is 103 Å². The third-order valence-electron chi connectivity index (χ3n) is 7.64. The first kappa shape index (κ1) is 84.0. The van der Waals surface area contributed by atoms with Gasteiger partial charge in [0.2, 0.25) is 0 Å². The van der Waals surface area contributed by atoms with Crippen molar-refractivity contribution < 1.29 is 89.8 Å². The normalized spacial score (nSPS) is 11.0. The van der Waals surface area contributed by atoms with Crippen LogP contribution in [-0.2, 0) is 44.9 Å². The summed E-state index contributed by atoms with van der Waals surface area (Å²) in [5.41, 5.74) is 22.2. The van der Waals surface area contributed by atoms with E-state index in [4.69, 9.17) is 65.5 Å². The third kappa shape index (κ3) is 39.5. The fourth-order valence-electron chi connectivity index (χ4n) is 4.60. The molecule has 3 radical (unpaired) electrons. The van der Waals surface area contributed by atoms with E-state index in [2.05, 4.69) is 107 Å². The van der Waals surface area contributed by atoms with Crippen LogP contribution in [0.3, 0.4) is 0 Å². The molecule has 4 aromatic rings. The zero-order valence-corrected chi connectivity index (χ0v) is 53.7. The Bertz CT molecular complexity index is 2200. The number of nitrogens with one attached hydrogen (secondary N) is 2. The van der Waals surface area contributed by atoms with Crippen LogP contribution in [0.1, 0.15) is 75.3 Å². The molecule has 4 aromatic carbocycles. The molecule has 76 heavy (non-hydrogen) atoms. The number of carbonyl (C=O) groups is 2. The van der Waals surface area contributed by atoms with E-state index in [0.29, 0.717) is 33.9 Å². The molecule has 6 rings (SSSR count). The maximum absolute atomic E-state index is 13.1. The van der Waals surface area contributed by atoms with Crippen molar-refractivity contribution in [3.05, 3.63) is 140 Å². The second-order valence-corrected chi connectivity index (χ2v) is 32.6. The minimum Gasteiger partial charge on any atom is -1.00 e. The van der Waals surface area contributed by atoms with E-state index < -0.39 is 71.7 Å². The summed E-state index contributed by atoms with van der Waals surface area (Å²) >= 11 is 31.6. The van der Waals surface area contributed by atoms with Crippen LogP contribution in [0.15, 0.2) is 48.5 Å². The van der Waals surface area contributed by atoms with Gasteiger partial charge in [-0.3, -0.25) is 10.8 Å². The molecule has 0 bridgehead atoms. The Morgan fingerprint density at radius 3 is 1.05 bits per heavy atom. The van der Waals surface area contributed by atoms with Crippen LogP contribution in [0.4, 0.5) is 35.1 Å². The van der Waals surface area contributed by atoms with Crippen LogP contribution in [0, 0.1) is 57.4 Å². The van der Waals surface area contributed by atoms with Gasteiger partial charge in [0.05, 0.1) is 29.7 Å². The van der Waals surface area contributed by atoms with E-state index in [1.54, 1.807) is 6.92 Å². The number of benzene rings is 4. The van der Waals surface area contributed by atoms with Crippen molar-refractivity contribution in [3.8, 4) is 0 Å². The first-order valence-electron chi connectivity index (χ1n) is 19.7. The van der Waals surface area contributed by atoms with Crippen molar-refractivity contribution in [2.45, 2.75) is 55.1 Å². The first-order chi connectivity index (χ1) is 34.7. The van der Waals surface area contributed by atoms with Gasteiger partial charge in [0.1, 0.15) is 4.03 Å². The number of thiocarbonyl (C=S) groups is 1. The summed E-state index contributed by atoms with van der Waals surface area (Å²) in [7, 11) is 0. The quantitative estimate of drug-likeness (QED) is 0.00915. The molecule has 1 fully saturated rings. The molecule has 1 saturated heterocycles. The van der Waals surface area contributed by atoms with Gasteiger partial charge in [-0.05, 0) is 160 Å². The summed E-state index contributed by atoms with van der Waals surface area (Å²) in [5.74, 6) is -9.19. The Hall–Kier alpha value is -0.830. The number of aliphatic hydroxyl groups is 3. The average Bonchev–Trinajstić information content (AvgIpc) is 4.00. The Balaban J connectivity index is -0.000000195. The van der Waals surface area contributed by atoms with Crippen molar-refractivity contribution in [2.75, 3.05) is 25.2 Å². The number of rotatable bonds is 8. The molecule has 0 unspecified atom stereocenters. The predicted molar refractivity (Wildman–Crippen MR) is 310 cm³/mol. The number of esters is 2. The SMILES string of the molecule is BrP(Br)Br.C1CCOC1.CCO.ClCCl.Fc1cc(CBr)c(CBr)cc1F.N=C(N)SCc1cc(F)c(F)cc1CSC(=N)N.NC(N)=S.O=C1OC(=O)c2cc(F)c(F)cc21.OCc1cc(F)c(F)cc1CO.[Al].[H-].[Li+]. The van der Waals surface area contributed by atoms with Gasteiger partial charge in [0.25, 0.3) is 0 Å². The average molecular weight is 1530 g/mol. The number of aliphatic hydroxyl groups excluding tert-OH is 3. The first-order valence-corrected chi connectivity index (χ1v) is 32.8. The fraction of sp³-hybridized carbons (Fsp3) is 0.310. The number of amidine groups is 2. The third-order valence-corrected chi connectivity index (χ3v) is 10.4. The summed E-state index contributed by atoms with van der Waals surface area (Å²) in [5, 5.41) is 40.2. The Labute approximate surface area is 524 Å². The van der Waals surface area contributed by atoms with Crippen molar-refractivity contribution >= 4 is 186 Å². The minimum absolute atomic E-state index is 0. The van der Waals surface area contributed by atoms with Gasteiger partial charge in [0, 0.05) is 59.3 Å². The molecule has 0 spiro atoms. The van der Waals surface area contributed by atoms with E-state index in [0.717, 1.165) is 72.1 Å². The van der Waals surface area contributed by atoms with Crippen LogP contribution in [0.5, 0.6) is 0 Å². The molecule has 421 valence electrons. The molecule has 2 heterocycles. The maximum Gasteiger partial charge on any atom is 1.00 e. The van der Waals surface area contributed by atoms with E-state index in [9.17, 15) is 44.7 Å². The number of fused-ring (bicyclic) bond motifs is 1. The molecule has 34 heteroatoms. The smallest absolute Gasteiger partial charge is 1.00 e. The van der Waals surface area contributed by atoms with Gasteiger partial charge >= 0.3 is 30.8 Å². The number of ether oxygens (including phenoxy) is 2. The van der Waals surface area contributed by atoms with Crippen molar-refractivity contribution in [2.24, 2.45) is 22.9 Å². The molecule has 13 N–H and O–H groups in total. The molecule has 2 aliphatic heterocycles. The number of carbonyl (C=O) groups excluding carboxylic acids is 2. The summed E-state index contributed by atoms with van der Waals surface area (Å²) < 4.78 is 111. The fourth-order valence-corrected chi connectivity index (χ4v) is 6.80. The van der Waals surface area contributed by atoms with Crippen LogP contribution in [0.25, 0.3) is 0 Å². The van der Waals surface area contributed by atoms with Crippen molar-refractivity contribution in [1.82, 2.24) is 0 Å². The van der Waals surface area contributed by atoms with Crippen LogP contribution >= 0.6 is 141 Å². The van der Waals surface area contributed by atoms with Crippen LogP contribution in [-0.4, -0.2) is 85.2 Å². The molecule has 0 saturated carbocycles. The maximum atomic E-state index is 13.1. The van der Waals surface area contributed by atoms with E-state index in [1.807, 2.05) is 0 Å². The summed E-state index contributed by atoms with van der Waals surface area (Å²) in [6.45, 7) is 3.11. The van der Waals surface area contributed by atoms with Crippen LogP contribution < -0.4 is 41.8 Å². The monoisotopic (exact) mass is 1530 g/mol. The zero-order chi connectivity index (χ0) is 57.7. The molecule has 0 aromatic heterocycles. The van der Waals surface area contributed by atoms with Gasteiger partial charge < -0.3 is 49.2 Å². The number of hydrogen-bond donors (Lipinski definition) is 9. The summed E-state index contributed by atoms with van der Waals surface area (Å²) in [4.78, 5) is 21.6.